The number of carbonyl (C=O) groups is 2. The van der Waals surface area contributed by atoms with Gasteiger partial charge in [-0.2, -0.15) is 5.10 Å². The van der Waals surface area contributed by atoms with Gasteiger partial charge >= 0.3 is 5.97 Å². The fraction of sp³-hybridized carbons (Fsp3) is 0.400. The van der Waals surface area contributed by atoms with Crippen molar-refractivity contribution in [1.82, 2.24) is 14.6 Å². The van der Waals surface area contributed by atoms with Gasteiger partial charge in [0.25, 0.3) is 0 Å². The molecule has 3 heterocycles. The summed E-state index contributed by atoms with van der Waals surface area (Å²) in [4.78, 5) is 33.3. The predicted octanol–water partition coefficient (Wildman–Crippen LogP) is 5.64. The third-order valence-electron chi connectivity index (χ3n) is 7.55. The normalized spacial score (nSPS) is 17.4. The van der Waals surface area contributed by atoms with Crippen molar-refractivity contribution in [2.75, 3.05) is 32.3 Å². The van der Waals surface area contributed by atoms with Crippen LogP contribution in [-0.2, 0) is 14.3 Å². The minimum absolute atomic E-state index is 0.0614. The van der Waals surface area contributed by atoms with E-state index in [0.29, 0.717) is 11.6 Å². The molecule has 0 radical (unpaired) electrons. The number of carboxylic acid groups (broad SMARTS) is 1. The topological polar surface area (TPSA) is 106 Å². The van der Waals surface area contributed by atoms with Gasteiger partial charge in [-0.15, -0.1) is 11.3 Å². The molecule has 1 aromatic carbocycles. The van der Waals surface area contributed by atoms with E-state index in [4.69, 9.17) is 9.47 Å². The molecule has 1 aliphatic carbocycles. The molecule has 0 saturated heterocycles. The van der Waals surface area contributed by atoms with Crippen LogP contribution in [0.2, 0.25) is 0 Å². The van der Waals surface area contributed by atoms with Gasteiger partial charge < -0.3 is 19.5 Å². The van der Waals surface area contributed by atoms with E-state index in [1.54, 1.807) is 29.8 Å². The molecule has 1 saturated carbocycles. The number of anilines is 1. The van der Waals surface area contributed by atoms with Crippen molar-refractivity contribution >= 4 is 34.5 Å². The Bertz CT molecular complexity index is 1430. The summed E-state index contributed by atoms with van der Waals surface area (Å²) in [7, 11) is 3.15. The zero-order valence-electron chi connectivity index (χ0n) is 22.9. The Morgan fingerprint density at radius 2 is 1.75 bits per heavy atom. The van der Waals surface area contributed by atoms with Crippen molar-refractivity contribution in [2.24, 2.45) is 11.8 Å². The van der Waals surface area contributed by atoms with E-state index in [2.05, 4.69) is 17.0 Å². The van der Waals surface area contributed by atoms with E-state index in [1.807, 2.05) is 48.7 Å². The fourth-order valence-corrected chi connectivity index (χ4v) is 6.41. The maximum Gasteiger partial charge on any atom is 0.348 e. The number of methoxy groups -OCH3 is 2. The third kappa shape index (κ3) is 5.79. The van der Waals surface area contributed by atoms with Crippen molar-refractivity contribution in [3.63, 3.8) is 0 Å². The number of fused-ring (bicyclic) bond motifs is 1. The molecule has 5 rings (SSSR count). The third-order valence-corrected chi connectivity index (χ3v) is 8.71. The number of ether oxygens (including phenoxy) is 2. The van der Waals surface area contributed by atoms with E-state index in [9.17, 15) is 14.7 Å². The first-order chi connectivity index (χ1) is 19.4. The van der Waals surface area contributed by atoms with Crippen LogP contribution in [0, 0.1) is 11.8 Å². The Morgan fingerprint density at radius 3 is 2.38 bits per heavy atom. The number of aromatic carboxylic acids is 1. The van der Waals surface area contributed by atoms with Gasteiger partial charge in [0, 0.05) is 49.0 Å². The number of benzene rings is 1. The van der Waals surface area contributed by atoms with Crippen LogP contribution >= 0.6 is 11.3 Å². The number of thiophene rings is 1. The molecule has 0 bridgehead atoms. The number of carbonyl (C=O) groups excluding carboxylic acids is 1. The smallest absolute Gasteiger partial charge is 0.348 e. The Balaban J connectivity index is 1.50. The second-order valence-corrected chi connectivity index (χ2v) is 11.4. The first-order valence-corrected chi connectivity index (χ1v) is 14.3. The van der Waals surface area contributed by atoms with E-state index in [1.165, 1.54) is 11.3 Å². The van der Waals surface area contributed by atoms with Crippen LogP contribution in [-0.4, -0.2) is 65.1 Å². The van der Waals surface area contributed by atoms with Crippen LogP contribution in [0.1, 0.15) is 42.3 Å². The maximum atomic E-state index is 14.0. The molecular weight excluding hydrogens is 528 g/mol. The lowest BCUT2D eigenvalue weighted by Crippen LogP contribution is -2.49. The maximum absolute atomic E-state index is 14.0. The first kappa shape index (κ1) is 27.9. The molecule has 0 atom stereocenters. The van der Waals surface area contributed by atoms with Gasteiger partial charge in [-0.3, -0.25) is 4.79 Å². The van der Waals surface area contributed by atoms with Crippen LogP contribution in [0.25, 0.3) is 27.3 Å². The Morgan fingerprint density at radius 1 is 1.07 bits per heavy atom. The first-order valence-electron chi connectivity index (χ1n) is 13.5. The number of amides is 1. The van der Waals surface area contributed by atoms with Crippen LogP contribution in [0.5, 0.6) is 0 Å². The summed E-state index contributed by atoms with van der Waals surface area (Å²) in [6.07, 6.45) is 7.14. The number of rotatable bonds is 10. The Kier molecular flexibility index (Phi) is 8.58. The van der Waals surface area contributed by atoms with Gasteiger partial charge in [-0.05, 0) is 49.3 Å². The predicted molar refractivity (Wildman–Crippen MR) is 155 cm³/mol. The summed E-state index contributed by atoms with van der Waals surface area (Å²) in [5.41, 5.74) is 3.73. The lowest BCUT2D eigenvalue weighted by atomic mass is 9.82. The van der Waals surface area contributed by atoms with Gasteiger partial charge in [0.2, 0.25) is 5.91 Å². The van der Waals surface area contributed by atoms with Crippen LogP contribution in [0.4, 0.5) is 5.69 Å². The van der Waals surface area contributed by atoms with Crippen LogP contribution < -0.4 is 4.90 Å². The summed E-state index contributed by atoms with van der Waals surface area (Å²) in [6.45, 7) is 2.67. The van der Waals surface area contributed by atoms with Gasteiger partial charge in [0.05, 0.1) is 30.6 Å². The lowest BCUT2D eigenvalue weighted by molar-refractivity contribution is -0.124. The highest BCUT2D eigenvalue weighted by atomic mass is 32.1. The molecule has 0 aliphatic heterocycles. The number of hydrogen-bond acceptors (Lipinski definition) is 7. The molecule has 3 aromatic heterocycles. The van der Waals surface area contributed by atoms with Gasteiger partial charge in [-0.1, -0.05) is 31.2 Å². The Labute approximate surface area is 237 Å². The molecule has 0 unspecified atom stereocenters. The minimum Gasteiger partial charge on any atom is -0.477 e. The Hall–Kier alpha value is -3.60. The van der Waals surface area contributed by atoms with E-state index in [0.717, 1.165) is 53.0 Å². The number of aromatic nitrogens is 3. The van der Waals surface area contributed by atoms with E-state index >= 15 is 0 Å². The lowest BCUT2D eigenvalue weighted by Gasteiger charge is -2.35. The highest BCUT2D eigenvalue weighted by Crippen LogP contribution is 2.40. The SMILES string of the molecule is COCC(COC)N(c1cc(-c2ccc(-c3cc4ncccn4n3)cc2)sc1C(=O)O)C(=O)[C@H]1CC[C@H](C)CC1. The molecular formula is C30H34N4O5S. The largest absolute Gasteiger partial charge is 0.477 e. The summed E-state index contributed by atoms with van der Waals surface area (Å²) in [5, 5.41) is 14.8. The zero-order valence-corrected chi connectivity index (χ0v) is 23.8. The van der Waals surface area contributed by atoms with Crippen molar-refractivity contribution in [1.29, 1.82) is 0 Å². The summed E-state index contributed by atoms with van der Waals surface area (Å²) in [6, 6.07) is 12.9. The van der Waals surface area contributed by atoms with E-state index < -0.39 is 12.0 Å². The molecule has 1 amide bonds. The molecule has 1 fully saturated rings. The highest BCUT2D eigenvalue weighted by molar-refractivity contribution is 7.18. The summed E-state index contributed by atoms with van der Waals surface area (Å²) < 4.78 is 12.6. The zero-order chi connectivity index (χ0) is 28.2. The quantitative estimate of drug-likeness (QED) is 0.266. The van der Waals surface area contributed by atoms with Crippen molar-refractivity contribution in [2.45, 2.75) is 38.6 Å². The minimum atomic E-state index is -1.07. The second kappa shape index (κ2) is 12.3. The van der Waals surface area contributed by atoms with Crippen molar-refractivity contribution in [3.05, 3.63) is 59.7 Å². The summed E-state index contributed by atoms with van der Waals surface area (Å²) in [5.74, 6) is -0.692. The number of hydrogen-bond donors (Lipinski definition) is 1. The van der Waals surface area contributed by atoms with Gasteiger partial charge in [-0.25, -0.2) is 14.3 Å². The van der Waals surface area contributed by atoms with Crippen LogP contribution in [0.3, 0.4) is 0 Å². The van der Waals surface area contributed by atoms with Gasteiger partial charge in [0.15, 0.2) is 5.65 Å². The fourth-order valence-electron chi connectivity index (χ4n) is 5.41. The molecule has 10 heteroatoms. The standard InChI is InChI=1S/C30H34N4O5S/c1-19-5-7-22(8-6-19)29(35)34(23(17-38-2)18-39-3)25-16-26(40-28(25)30(36)37)21-11-9-20(10-12-21)24-15-27-31-13-4-14-33(27)32-24/h4,9-16,19,22-23H,5-8,17-18H2,1-3H3,(H,36,37)/t19-,22-. The molecule has 40 heavy (non-hydrogen) atoms. The van der Waals surface area contributed by atoms with Crippen LogP contribution in [0.15, 0.2) is 54.9 Å². The monoisotopic (exact) mass is 562 g/mol. The van der Waals surface area contributed by atoms with Gasteiger partial charge in [0.1, 0.15) is 4.88 Å². The molecule has 0 spiro atoms. The number of carboxylic acids is 1. The summed E-state index contributed by atoms with van der Waals surface area (Å²) >= 11 is 1.17. The van der Waals surface area contributed by atoms with E-state index in [-0.39, 0.29) is 29.9 Å². The second-order valence-electron chi connectivity index (χ2n) is 10.4. The molecule has 1 aliphatic rings. The molecule has 4 aromatic rings. The number of nitrogens with zero attached hydrogens (tertiary/aromatic N) is 4. The molecule has 1 N–H and O–H groups in total. The highest BCUT2D eigenvalue weighted by Gasteiger charge is 2.36. The average molecular weight is 563 g/mol. The van der Waals surface area contributed by atoms with Crippen molar-refractivity contribution < 1.29 is 24.2 Å². The average Bonchev–Trinajstić information content (AvgIpc) is 3.59. The molecule has 9 nitrogen and oxygen atoms in total. The molecule has 210 valence electrons. The van der Waals surface area contributed by atoms with Crippen molar-refractivity contribution in [3.8, 4) is 21.7 Å².